The van der Waals surface area contributed by atoms with Gasteiger partial charge < -0.3 is 0 Å². The maximum Gasteiger partial charge on any atom is 0.253 e. The van der Waals surface area contributed by atoms with Crippen LogP contribution in [0, 0.1) is 0 Å². The minimum absolute atomic E-state index is 0.168. The van der Waals surface area contributed by atoms with Crippen LogP contribution >= 0.6 is 23.2 Å². The Kier molecular flexibility index (Phi) is 4.97. The highest BCUT2D eigenvalue weighted by Crippen LogP contribution is 2.18. The molecular weight excluding hydrogens is 247 g/mol. The summed E-state index contributed by atoms with van der Waals surface area (Å²) in [7, 11) is 0. The zero-order valence-corrected chi connectivity index (χ0v) is 10.4. The zero-order valence-electron chi connectivity index (χ0n) is 8.93. The number of hydrogen-bond donors (Lipinski definition) is 0. The van der Waals surface area contributed by atoms with E-state index in [0.29, 0.717) is 0 Å². The van der Waals surface area contributed by atoms with Crippen molar-refractivity contribution in [2.75, 3.05) is 0 Å². The second kappa shape index (κ2) is 6.02. The SMILES string of the molecule is CCCCc1ccc(C(=O)Cl)c(C(=O)Cl)c1. The number of rotatable bonds is 5. The van der Waals surface area contributed by atoms with Gasteiger partial charge in [0.05, 0.1) is 0 Å². The fourth-order valence-electron chi connectivity index (χ4n) is 1.46. The van der Waals surface area contributed by atoms with Gasteiger partial charge in [0.25, 0.3) is 10.5 Å². The number of aryl methyl sites for hydroxylation is 1. The number of carbonyl (C=O) groups is 2. The van der Waals surface area contributed by atoms with Crippen LogP contribution in [0.3, 0.4) is 0 Å². The number of benzene rings is 1. The van der Waals surface area contributed by atoms with Gasteiger partial charge in [-0.1, -0.05) is 19.4 Å². The molecule has 1 aromatic rings. The maximum absolute atomic E-state index is 11.2. The van der Waals surface area contributed by atoms with E-state index >= 15 is 0 Å². The zero-order chi connectivity index (χ0) is 12.1. The van der Waals surface area contributed by atoms with E-state index in [0.717, 1.165) is 24.8 Å². The predicted molar refractivity (Wildman–Crippen MR) is 65.4 cm³/mol. The van der Waals surface area contributed by atoms with E-state index in [1.165, 1.54) is 0 Å². The Morgan fingerprint density at radius 2 is 1.75 bits per heavy atom. The van der Waals surface area contributed by atoms with Gasteiger partial charge in [-0.05, 0) is 53.7 Å². The molecule has 0 N–H and O–H groups in total. The van der Waals surface area contributed by atoms with Crippen molar-refractivity contribution in [3.8, 4) is 0 Å². The molecule has 1 rings (SSSR count). The van der Waals surface area contributed by atoms with Crippen LogP contribution in [0.1, 0.15) is 46.0 Å². The van der Waals surface area contributed by atoms with Crippen LogP contribution in [0.15, 0.2) is 18.2 Å². The summed E-state index contributed by atoms with van der Waals surface area (Å²) in [6, 6.07) is 4.99. The van der Waals surface area contributed by atoms with E-state index in [1.54, 1.807) is 18.2 Å². The van der Waals surface area contributed by atoms with Crippen molar-refractivity contribution in [2.24, 2.45) is 0 Å². The lowest BCUT2D eigenvalue weighted by molar-refractivity contribution is 0.105. The van der Waals surface area contributed by atoms with Gasteiger partial charge >= 0.3 is 0 Å². The number of carbonyl (C=O) groups excluding carboxylic acids is 2. The normalized spacial score (nSPS) is 10.2. The van der Waals surface area contributed by atoms with E-state index in [1.807, 2.05) is 0 Å². The lowest BCUT2D eigenvalue weighted by atomic mass is 10.0. The Labute approximate surface area is 105 Å². The molecule has 0 saturated heterocycles. The lowest BCUT2D eigenvalue weighted by Gasteiger charge is -2.05. The molecule has 0 unspecified atom stereocenters. The molecule has 0 aliphatic carbocycles. The summed E-state index contributed by atoms with van der Waals surface area (Å²) in [5.74, 6) is 0. The van der Waals surface area contributed by atoms with Crippen LogP contribution in [0.2, 0.25) is 0 Å². The highest BCUT2D eigenvalue weighted by atomic mass is 35.5. The Hall–Kier alpha value is -0.860. The molecule has 1 aromatic carbocycles. The molecule has 0 fully saturated rings. The molecule has 0 radical (unpaired) electrons. The molecule has 0 aromatic heterocycles. The van der Waals surface area contributed by atoms with Gasteiger partial charge in [-0.25, -0.2) is 0 Å². The first-order valence-electron chi connectivity index (χ1n) is 5.08. The van der Waals surface area contributed by atoms with Crippen molar-refractivity contribution in [1.82, 2.24) is 0 Å². The van der Waals surface area contributed by atoms with Crippen molar-refractivity contribution < 1.29 is 9.59 Å². The highest BCUT2D eigenvalue weighted by molar-refractivity contribution is 6.71. The molecule has 16 heavy (non-hydrogen) atoms. The van der Waals surface area contributed by atoms with Crippen molar-refractivity contribution in [1.29, 1.82) is 0 Å². The van der Waals surface area contributed by atoms with Crippen LogP contribution in [-0.4, -0.2) is 10.5 Å². The fraction of sp³-hybridized carbons (Fsp3) is 0.333. The molecule has 0 aliphatic rings. The Bertz CT molecular complexity index is 413. The monoisotopic (exact) mass is 258 g/mol. The summed E-state index contributed by atoms with van der Waals surface area (Å²) in [4.78, 5) is 22.2. The van der Waals surface area contributed by atoms with Gasteiger partial charge in [0.15, 0.2) is 0 Å². The third-order valence-electron chi connectivity index (χ3n) is 2.33. The summed E-state index contributed by atoms with van der Waals surface area (Å²) >= 11 is 10.8. The number of unbranched alkanes of at least 4 members (excludes halogenated alkanes) is 1. The summed E-state index contributed by atoms with van der Waals surface area (Å²) < 4.78 is 0. The second-order valence-electron chi connectivity index (χ2n) is 3.53. The molecule has 4 heteroatoms. The minimum Gasteiger partial charge on any atom is -0.276 e. The Morgan fingerprint density at radius 1 is 1.12 bits per heavy atom. The summed E-state index contributed by atoms with van der Waals surface area (Å²) in [6.45, 7) is 2.09. The summed E-state index contributed by atoms with van der Waals surface area (Å²) in [6.07, 6.45) is 2.97. The molecule has 0 heterocycles. The van der Waals surface area contributed by atoms with E-state index < -0.39 is 10.5 Å². The molecule has 0 spiro atoms. The molecule has 0 amide bonds. The lowest BCUT2D eigenvalue weighted by Crippen LogP contribution is -2.02. The van der Waals surface area contributed by atoms with E-state index in [2.05, 4.69) is 6.92 Å². The predicted octanol–water partition coefficient (Wildman–Crippen LogP) is 3.79. The molecule has 0 saturated carbocycles. The second-order valence-corrected chi connectivity index (χ2v) is 4.22. The van der Waals surface area contributed by atoms with E-state index in [4.69, 9.17) is 23.2 Å². The molecule has 2 nitrogen and oxygen atoms in total. The Balaban J connectivity index is 3.07. The van der Waals surface area contributed by atoms with Gasteiger partial charge in [0.2, 0.25) is 0 Å². The average Bonchev–Trinajstić information content (AvgIpc) is 2.25. The highest BCUT2D eigenvalue weighted by Gasteiger charge is 2.14. The van der Waals surface area contributed by atoms with E-state index in [-0.39, 0.29) is 11.1 Å². The van der Waals surface area contributed by atoms with Crippen LogP contribution < -0.4 is 0 Å². The number of hydrogen-bond acceptors (Lipinski definition) is 2. The van der Waals surface area contributed by atoms with Crippen molar-refractivity contribution >= 4 is 33.7 Å². The van der Waals surface area contributed by atoms with Gasteiger partial charge in [0, 0.05) is 11.1 Å². The summed E-state index contributed by atoms with van der Waals surface area (Å²) in [5.41, 5.74) is 1.35. The van der Waals surface area contributed by atoms with Crippen molar-refractivity contribution in [3.63, 3.8) is 0 Å². The van der Waals surface area contributed by atoms with Crippen LogP contribution in [0.5, 0.6) is 0 Å². The van der Waals surface area contributed by atoms with E-state index in [9.17, 15) is 9.59 Å². The average molecular weight is 259 g/mol. The van der Waals surface area contributed by atoms with Gasteiger partial charge in [-0.3, -0.25) is 9.59 Å². The van der Waals surface area contributed by atoms with Gasteiger partial charge in [-0.15, -0.1) is 0 Å². The van der Waals surface area contributed by atoms with Crippen molar-refractivity contribution in [2.45, 2.75) is 26.2 Å². The maximum atomic E-state index is 11.2. The third-order valence-corrected chi connectivity index (χ3v) is 2.73. The molecular formula is C12H12Cl2O2. The molecule has 0 aliphatic heterocycles. The Morgan fingerprint density at radius 3 is 2.25 bits per heavy atom. The first-order chi connectivity index (χ1) is 7.56. The first-order valence-corrected chi connectivity index (χ1v) is 5.84. The topological polar surface area (TPSA) is 34.1 Å². The van der Waals surface area contributed by atoms with Crippen molar-refractivity contribution in [3.05, 3.63) is 34.9 Å². The first kappa shape index (κ1) is 13.2. The molecule has 0 atom stereocenters. The van der Waals surface area contributed by atoms with Gasteiger partial charge in [-0.2, -0.15) is 0 Å². The molecule has 0 bridgehead atoms. The largest absolute Gasteiger partial charge is 0.276 e. The molecule has 86 valence electrons. The smallest absolute Gasteiger partial charge is 0.253 e. The van der Waals surface area contributed by atoms with Crippen LogP contribution in [-0.2, 0) is 6.42 Å². The standard InChI is InChI=1S/C12H12Cl2O2/c1-2-3-4-8-5-6-9(11(13)15)10(7-8)12(14)16/h5-7H,2-4H2,1H3. The van der Waals surface area contributed by atoms with Crippen LogP contribution in [0.4, 0.5) is 0 Å². The van der Waals surface area contributed by atoms with Crippen LogP contribution in [0.25, 0.3) is 0 Å². The third kappa shape index (κ3) is 3.32. The minimum atomic E-state index is -0.661. The summed E-state index contributed by atoms with van der Waals surface area (Å²) in [5, 5.41) is -1.31. The quantitative estimate of drug-likeness (QED) is 0.754. The fourth-order valence-corrected chi connectivity index (χ4v) is 1.78. The van der Waals surface area contributed by atoms with Gasteiger partial charge in [0.1, 0.15) is 0 Å². The number of halogens is 2.